The molecule has 6 heteroatoms. The molecule has 1 aliphatic heterocycles. The van der Waals surface area contributed by atoms with E-state index in [0.717, 1.165) is 18.8 Å². The fourth-order valence-electron chi connectivity index (χ4n) is 1.66. The van der Waals surface area contributed by atoms with Gasteiger partial charge in [-0.2, -0.15) is 0 Å². The maximum atomic E-state index is 5.77. The van der Waals surface area contributed by atoms with Crippen LogP contribution in [0.25, 0.3) is 0 Å². The zero-order chi connectivity index (χ0) is 14.1. The van der Waals surface area contributed by atoms with Crippen LogP contribution >= 0.6 is 0 Å². The van der Waals surface area contributed by atoms with E-state index < -0.39 is 8.80 Å². The summed E-state index contributed by atoms with van der Waals surface area (Å²) in [5.41, 5.74) is 1.92. The number of ether oxygens (including phenoxy) is 2. The Labute approximate surface area is 117 Å². The normalized spacial score (nSPS) is 19.6. The van der Waals surface area contributed by atoms with Gasteiger partial charge in [0, 0.05) is 31.9 Å². The van der Waals surface area contributed by atoms with Crippen LogP contribution in [-0.2, 0) is 22.8 Å². The summed E-state index contributed by atoms with van der Waals surface area (Å²) < 4.78 is 28.2. The lowest BCUT2D eigenvalue weighted by molar-refractivity contribution is 0.0816. The largest absolute Gasteiger partial charge is 0.533 e. The van der Waals surface area contributed by atoms with Gasteiger partial charge in [-0.05, 0) is 20.8 Å². The SMILES string of the molecule is CCO[Si](/C=C(\CC)OCC1CO1)(OCC)OCC. The molecule has 1 atom stereocenters. The molecule has 1 aliphatic rings. The van der Waals surface area contributed by atoms with Gasteiger partial charge in [0.05, 0.1) is 12.4 Å². The smallest absolute Gasteiger partial charge is 0.496 e. The van der Waals surface area contributed by atoms with Gasteiger partial charge in [-0.15, -0.1) is 0 Å². The second-order valence-electron chi connectivity index (χ2n) is 4.13. The monoisotopic (exact) mass is 290 g/mol. The Morgan fingerprint density at radius 1 is 1.11 bits per heavy atom. The van der Waals surface area contributed by atoms with Gasteiger partial charge in [-0.1, -0.05) is 6.92 Å². The van der Waals surface area contributed by atoms with Crippen molar-refractivity contribution in [3.63, 3.8) is 0 Å². The average molecular weight is 290 g/mol. The molecule has 1 saturated heterocycles. The lowest BCUT2D eigenvalue weighted by Crippen LogP contribution is -2.45. The lowest BCUT2D eigenvalue weighted by atomic mass is 10.4. The molecule has 19 heavy (non-hydrogen) atoms. The fourth-order valence-corrected chi connectivity index (χ4v) is 4.05. The molecular weight excluding hydrogens is 264 g/mol. The molecule has 0 saturated carbocycles. The summed E-state index contributed by atoms with van der Waals surface area (Å²) in [5.74, 6) is 0.859. The first-order valence-electron chi connectivity index (χ1n) is 7.07. The van der Waals surface area contributed by atoms with Gasteiger partial charge in [0.15, 0.2) is 0 Å². The van der Waals surface area contributed by atoms with E-state index in [1.807, 2.05) is 33.4 Å². The van der Waals surface area contributed by atoms with Crippen molar-refractivity contribution in [3.05, 3.63) is 11.5 Å². The Morgan fingerprint density at radius 2 is 1.63 bits per heavy atom. The Balaban J connectivity index is 2.71. The second-order valence-corrected chi connectivity index (χ2v) is 6.49. The minimum absolute atomic E-state index is 0.247. The average Bonchev–Trinajstić information content (AvgIpc) is 3.19. The Morgan fingerprint density at radius 3 is 2.00 bits per heavy atom. The highest BCUT2D eigenvalue weighted by atomic mass is 28.4. The molecule has 0 aromatic rings. The predicted octanol–water partition coefficient (Wildman–Crippen LogP) is 2.28. The van der Waals surface area contributed by atoms with Crippen LogP contribution in [0.2, 0.25) is 0 Å². The van der Waals surface area contributed by atoms with Crippen LogP contribution < -0.4 is 0 Å². The summed E-state index contributed by atoms with van der Waals surface area (Å²) in [6.07, 6.45) is 1.03. The molecule has 1 unspecified atom stereocenters. The van der Waals surface area contributed by atoms with E-state index in [0.29, 0.717) is 26.4 Å². The number of rotatable bonds is 11. The van der Waals surface area contributed by atoms with Crippen LogP contribution in [0.15, 0.2) is 11.5 Å². The fraction of sp³-hybridized carbons (Fsp3) is 0.846. The molecule has 1 heterocycles. The van der Waals surface area contributed by atoms with Crippen LogP contribution in [0.4, 0.5) is 0 Å². The summed E-state index contributed by atoms with van der Waals surface area (Å²) >= 11 is 0. The molecule has 0 aromatic heterocycles. The van der Waals surface area contributed by atoms with E-state index in [9.17, 15) is 0 Å². The van der Waals surface area contributed by atoms with Crippen molar-refractivity contribution in [1.82, 2.24) is 0 Å². The number of epoxide rings is 1. The van der Waals surface area contributed by atoms with E-state index in [-0.39, 0.29) is 6.10 Å². The zero-order valence-corrected chi connectivity index (χ0v) is 13.4. The Kier molecular flexibility index (Phi) is 7.63. The molecule has 0 N–H and O–H groups in total. The molecular formula is C13H26O5Si. The first-order valence-corrected chi connectivity index (χ1v) is 8.87. The van der Waals surface area contributed by atoms with E-state index in [1.54, 1.807) is 0 Å². The predicted molar refractivity (Wildman–Crippen MR) is 74.7 cm³/mol. The molecule has 0 aliphatic carbocycles. The third kappa shape index (κ3) is 6.05. The minimum Gasteiger partial charge on any atom is -0.496 e. The van der Waals surface area contributed by atoms with Crippen molar-refractivity contribution in [2.24, 2.45) is 0 Å². The van der Waals surface area contributed by atoms with Gasteiger partial charge in [0.25, 0.3) is 0 Å². The molecule has 1 fully saturated rings. The first kappa shape index (κ1) is 16.7. The number of hydrogen-bond donors (Lipinski definition) is 0. The Hall–Kier alpha value is -0.403. The minimum atomic E-state index is -2.76. The molecule has 1 rings (SSSR count). The van der Waals surface area contributed by atoms with Crippen molar-refractivity contribution in [2.45, 2.75) is 40.2 Å². The lowest BCUT2D eigenvalue weighted by Gasteiger charge is -2.26. The van der Waals surface area contributed by atoms with Crippen molar-refractivity contribution < 1.29 is 22.8 Å². The third-order valence-electron chi connectivity index (χ3n) is 2.58. The third-order valence-corrected chi connectivity index (χ3v) is 5.33. The Bertz CT molecular complexity index is 261. The number of hydrogen-bond acceptors (Lipinski definition) is 5. The van der Waals surface area contributed by atoms with Crippen molar-refractivity contribution in [3.8, 4) is 0 Å². The molecule has 112 valence electrons. The standard InChI is InChI=1S/C13H26O5Si/c1-5-12(14-9-13-10-15-13)11-19(16-6-2,17-7-3)18-8-4/h11,13H,5-10H2,1-4H3/b12-11+. The highest BCUT2D eigenvalue weighted by molar-refractivity contribution is 6.66. The molecule has 0 spiro atoms. The van der Waals surface area contributed by atoms with Gasteiger partial charge in [0.1, 0.15) is 12.7 Å². The van der Waals surface area contributed by atoms with Gasteiger partial charge < -0.3 is 22.8 Å². The van der Waals surface area contributed by atoms with Crippen molar-refractivity contribution in [2.75, 3.05) is 33.0 Å². The van der Waals surface area contributed by atoms with Crippen LogP contribution in [0, 0.1) is 0 Å². The van der Waals surface area contributed by atoms with Crippen molar-refractivity contribution in [1.29, 1.82) is 0 Å². The van der Waals surface area contributed by atoms with Crippen LogP contribution in [0.3, 0.4) is 0 Å². The maximum Gasteiger partial charge on any atom is 0.533 e. The summed E-state index contributed by atoms with van der Waals surface area (Å²) in [6.45, 7) is 10.9. The first-order chi connectivity index (χ1) is 9.19. The molecule has 5 nitrogen and oxygen atoms in total. The summed E-state index contributed by atoms with van der Waals surface area (Å²) in [7, 11) is -2.76. The van der Waals surface area contributed by atoms with Crippen LogP contribution in [0.1, 0.15) is 34.1 Å². The van der Waals surface area contributed by atoms with E-state index in [2.05, 4.69) is 0 Å². The number of allylic oxidation sites excluding steroid dienone is 1. The highest BCUT2D eigenvalue weighted by Gasteiger charge is 2.39. The van der Waals surface area contributed by atoms with Gasteiger partial charge in [-0.25, -0.2) is 0 Å². The van der Waals surface area contributed by atoms with Crippen LogP contribution in [0.5, 0.6) is 0 Å². The maximum absolute atomic E-state index is 5.77. The van der Waals surface area contributed by atoms with Crippen molar-refractivity contribution >= 4 is 8.80 Å². The van der Waals surface area contributed by atoms with Gasteiger partial charge in [0.2, 0.25) is 0 Å². The van der Waals surface area contributed by atoms with Gasteiger partial charge in [-0.3, -0.25) is 0 Å². The van der Waals surface area contributed by atoms with E-state index in [4.69, 9.17) is 22.8 Å². The topological polar surface area (TPSA) is 49.5 Å². The van der Waals surface area contributed by atoms with Gasteiger partial charge >= 0.3 is 8.80 Å². The summed E-state index contributed by atoms with van der Waals surface area (Å²) in [6, 6.07) is 0. The van der Waals surface area contributed by atoms with E-state index in [1.165, 1.54) is 0 Å². The summed E-state index contributed by atoms with van der Waals surface area (Å²) in [5, 5.41) is 0. The quantitative estimate of drug-likeness (QED) is 0.332. The van der Waals surface area contributed by atoms with Crippen LogP contribution in [-0.4, -0.2) is 47.9 Å². The molecule has 0 radical (unpaired) electrons. The summed E-state index contributed by atoms with van der Waals surface area (Å²) in [4.78, 5) is 0. The highest BCUT2D eigenvalue weighted by Crippen LogP contribution is 2.18. The molecule has 0 amide bonds. The molecule has 0 aromatic carbocycles. The second kappa shape index (κ2) is 8.71. The van der Waals surface area contributed by atoms with E-state index >= 15 is 0 Å². The molecule has 0 bridgehead atoms. The zero-order valence-electron chi connectivity index (χ0n) is 12.4.